The molecule has 3 N–H and O–H groups in total. The highest BCUT2D eigenvalue weighted by Gasteiger charge is 2.16. The van der Waals surface area contributed by atoms with Crippen LogP contribution in [0.5, 0.6) is 0 Å². The van der Waals surface area contributed by atoms with Gasteiger partial charge in [0.2, 0.25) is 5.95 Å². The summed E-state index contributed by atoms with van der Waals surface area (Å²) in [5.74, 6) is -1.60. The molecular formula is C21H16N4O5S. The van der Waals surface area contributed by atoms with E-state index in [9.17, 15) is 23.1 Å². The van der Waals surface area contributed by atoms with Gasteiger partial charge in [0.15, 0.2) is 9.84 Å². The van der Waals surface area contributed by atoms with Crippen LogP contribution in [-0.4, -0.2) is 46.6 Å². The number of carboxylic acid groups (broad SMARTS) is 1. The third-order valence-electron chi connectivity index (χ3n) is 4.51. The van der Waals surface area contributed by atoms with Crippen molar-refractivity contribution < 1.29 is 23.1 Å². The Balaban J connectivity index is 1.63. The number of H-pyrrole nitrogens is 1. The number of amides is 1. The van der Waals surface area contributed by atoms with Crippen LogP contribution in [-0.2, 0) is 9.84 Å². The first-order valence-corrected chi connectivity index (χ1v) is 10.9. The summed E-state index contributed by atoms with van der Waals surface area (Å²) >= 11 is 0. The van der Waals surface area contributed by atoms with Gasteiger partial charge in [0.05, 0.1) is 21.7 Å². The molecule has 0 spiro atoms. The number of sulfone groups is 1. The van der Waals surface area contributed by atoms with Crippen LogP contribution < -0.4 is 5.32 Å². The second-order valence-electron chi connectivity index (χ2n) is 6.75. The Morgan fingerprint density at radius 1 is 1.00 bits per heavy atom. The van der Waals surface area contributed by atoms with Gasteiger partial charge in [0.25, 0.3) is 5.91 Å². The number of carbonyl (C=O) groups is 2. The van der Waals surface area contributed by atoms with Crippen LogP contribution in [0.3, 0.4) is 0 Å². The predicted molar refractivity (Wildman–Crippen MR) is 114 cm³/mol. The van der Waals surface area contributed by atoms with Crippen LogP contribution >= 0.6 is 0 Å². The van der Waals surface area contributed by atoms with E-state index in [1.165, 1.54) is 24.3 Å². The minimum atomic E-state index is -3.38. The summed E-state index contributed by atoms with van der Waals surface area (Å²) in [5.41, 5.74) is 1.77. The topological polar surface area (TPSA) is 142 Å². The lowest BCUT2D eigenvalue weighted by molar-refractivity contribution is 0.0698. The van der Waals surface area contributed by atoms with E-state index in [-0.39, 0.29) is 27.6 Å². The molecule has 2 aromatic heterocycles. The normalized spacial score (nSPS) is 11.4. The molecular weight excluding hydrogens is 420 g/mol. The number of rotatable bonds is 5. The van der Waals surface area contributed by atoms with Crippen LogP contribution in [0, 0.1) is 0 Å². The highest BCUT2D eigenvalue weighted by Crippen LogP contribution is 2.22. The Bertz CT molecular complexity index is 1440. The molecule has 0 aliphatic carbocycles. The number of pyridine rings is 1. The van der Waals surface area contributed by atoms with Crippen molar-refractivity contribution in [1.29, 1.82) is 0 Å². The second-order valence-corrected chi connectivity index (χ2v) is 8.77. The maximum absolute atomic E-state index is 12.7. The molecule has 156 valence electrons. The summed E-state index contributed by atoms with van der Waals surface area (Å²) in [5, 5.41) is 11.8. The second kappa shape index (κ2) is 7.65. The number of aromatic amines is 1. The largest absolute Gasteiger partial charge is 0.478 e. The fourth-order valence-electron chi connectivity index (χ4n) is 3.04. The van der Waals surface area contributed by atoms with Crippen molar-refractivity contribution in [2.75, 3.05) is 11.6 Å². The van der Waals surface area contributed by atoms with Crippen LogP contribution in [0.2, 0.25) is 0 Å². The molecule has 31 heavy (non-hydrogen) atoms. The molecule has 0 saturated heterocycles. The number of benzene rings is 2. The van der Waals surface area contributed by atoms with Crippen LogP contribution in [0.1, 0.15) is 20.8 Å². The molecule has 4 aromatic rings. The van der Waals surface area contributed by atoms with Gasteiger partial charge in [-0.1, -0.05) is 24.3 Å². The van der Waals surface area contributed by atoms with Crippen molar-refractivity contribution in [3.8, 4) is 11.3 Å². The predicted octanol–water partition coefficient (Wildman–Crippen LogP) is 2.98. The maximum Gasteiger partial charge on any atom is 0.337 e. The molecule has 2 heterocycles. The summed E-state index contributed by atoms with van der Waals surface area (Å²) < 4.78 is 23.6. The van der Waals surface area contributed by atoms with E-state index >= 15 is 0 Å². The molecule has 4 rings (SSSR count). The Hall–Kier alpha value is -4.05. The molecule has 0 unspecified atom stereocenters. The minimum absolute atomic E-state index is 0.0140. The smallest absolute Gasteiger partial charge is 0.337 e. The van der Waals surface area contributed by atoms with Crippen molar-refractivity contribution >= 4 is 38.7 Å². The van der Waals surface area contributed by atoms with E-state index in [1.807, 2.05) is 0 Å². The molecule has 0 aliphatic heterocycles. The lowest BCUT2D eigenvalue weighted by Gasteiger charge is -2.06. The number of nitrogens with one attached hydrogen (secondary N) is 2. The number of carbonyl (C=O) groups excluding carboxylic acids is 1. The summed E-state index contributed by atoms with van der Waals surface area (Å²) in [7, 11) is -3.38. The average molecular weight is 436 g/mol. The quantitative estimate of drug-likeness (QED) is 0.436. The zero-order valence-electron chi connectivity index (χ0n) is 16.2. The molecule has 9 nitrogen and oxygen atoms in total. The van der Waals surface area contributed by atoms with Gasteiger partial charge in [-0.15, -0.1) is 0 Å². The van der Waals surface area contributed by atoms with E-state index < -0.39 is 21.7 Å². The Labute approximate surface area is 176 Å². The molecule has 0 radical (unpaired) electrons. The first-order valence-electron chi connectivity index (χ1n) is 9.03. The van der Waals surface area contributed by atoms with E-state index in [0.717, 1.165) is 6.26 Å². The maximum atomic E-state index is 12.7. The number of aromatic nitrogens is 3. The van der Waals surface area contributed by atoms with E-state index in [4.69, 9.17) is 0 Å². The first-order chi connectivity index (χ1) is 14.7. The highest BCUT2D eigenvalue weighted by atomic mass is 32.2. The number of fused-ring (bicyclic) bond motifs is 1. The number of carboxylic acids is 1. The van der Waals surface area contributed by atoms with Crippen molar-refractivity contribution in [2.45, 2.75) is 4.90 Å². The number of aromatic carboxylic acids is 1. The first kappa shape index (κ1) is 20.2. The highest BCUT2D eigenvalue weighted by molar-refractivity contribution is 7.90. The summed E-state index contributed by atoms with van der Waals surface area (Å²) in [6, 6.07) is 15.7. The Morgan fingerprint density at radius 3 is 2.48 bits per heavy atom. The van der Waals surface area contributed by atoms with Crippen molar-refractivity contribution in [3.63, 3.8) is 0 Å². The van der Waals surface area contributed by atoms with Crippen molar-refractivity contribution in [2.24, 2.45) is 0 Å². The SMILES string of the molecule is CS(=O)(=O)c1cccc(-c2cccc(C(=O)Nc3nc4c(C(=O)O)cccc4[nH]3)n2)c1. The lowest BCUT2D eigenvalue weighted by Crippen LogP contribution is -2.14. The molecule has 2 aromatic carbocycles. The van der Waals surface area contributed by atoms with Gasteiger partial charge in [-0.25, -0.2) is 23.2 Å². The number of anilines is 1. The van der Waals surface area contributed by atoms with Gasteiger partial charge in [0.1, 0.15) is 11.2 Å². The zero-order valence-corrected chi connectivity index (χ0v) is 17.0. The standard InChI is InChI=1S/C21H16N4O5S/c1-31(29,30)13-6-2-5-12(11-13)15-8-4-10-17(22-15)19(26)25-21-23-16-9-3-7-14(20(27)28)18(16)24-21/h2-11H,1H3,(H,27,28)(H2,23,24,25,26). The van der Waals surface area contributed by atoms with E-state index in [0.29, 0.717) is 16.8 Å². The third-order valence-corrected chi connectivity index (χ3v) is 5.62. The number of nitrogens with zero attached hydrogens (tertiary/aromatic N) is 2. The molecule has 10 heteroatoms. The van der Waals surface area contributed by atoms with E-state index in [2.05, 4.69) is 20.3 Å². The molecule has 1 amide bonds. The van der Waals surface area contributed by atoms with Gasteiger partial charge >= 0.3 is 5.97 Å². The minimum Gasteiger partial charge on any atom is -0.478 e. The molecule has 0 atom stereocenters. The fraction of sp³-hybridized carbons (Fsp3) is 0.0476. The zero-order chi connectivity index (χ0) is 22.2. The number of hydrogen-bond acceptors (Lipinski definition) is 6. The average Bonchev–Trinajstić information content (AvgIpc) is 3.15. The third kappa shape index (κ3) is 4.14. The van der Waals surface area contributed by atoms with Gasteiger partial charge in [0, 0.05) is 11.8 Å². The number of imidazole rings is 1. The lowest BCUT2D eigenvalue weighted by atomic mass is 10.1. The van der Waals surface area contributed by atoms with Crippen molar-refractivity contribution in [1.82, 2.24) is 15.0 Å². The van der Waals surface area contributed by atoms with Crippen LogP contribution in [0.15, 0.2) is 65.6 Å². The molecule has 0 fully saturated rings. The van der Waals surface area contributed by atoms with Gasteiger partial charge in [-0.2, -0.15) is 0 Å². The molecule has 0 aliphatic rings. The van der Waals surface area contributed by atoms with Crippen LogP contribution in [0.25, 0.3) is 22.3 Å². The van der Waals surface area contributed by atoms with Gasteiger partial charge < -0.3 is 10.1 Å². The van der Waals surface area contributed by atoms with Gasteiger partial charge in [-0.3, -0.25) is 10.1 Å². The number of hydrogen-bond donors (Lipinski definition) is 3. The molecule has 0 bridgehead atoms. The molecule has 0 saturated carbocycles. The number of para-hydroxylation sites is 1. The summed E-state index contributed by atoms with van der Waals surface area (Å²) in [6.07, 6.45) is 1.12. The summed E-state index contributed by atoms with van der Waals surface area (Å²) in [6.45, 7) is 0. The van der Waals surface area contributed by atoms with Gasteiger partial charge in [-0.05, 0) is 36.4 Å². The van der Waals surface area contributed by atoms with Crippen LogP contribution in [0.4, 0.5) is 5.95 Å². The monoisotopic (exact) mass is 436 g/mol. The van der Waals surface area contributed by atoms with E-state index in [1.54, 1.807) is 36.4 Å². The Morgan fingerprint density at radius 2 is 1.74 bits per heavy atom. The fourth-order valence-corrected chi connectivity index (χ4v) is 3.71. The Kier molecular flexibility index (Phi) is 4.99. The van der Waals surface area contributed by atoms with Crippen molar-refractivity contribution in [3.05, 3.63) is 71.9 Å². The summed E-state index contributed by atoms with van der Waals surface area (Å²) in [4.78, 5) is 35.5.